The number of rotatable bonds is 15. The number of aliphatic hydroxyl groups excluding tert-OH is 2. The molecule has 0 saturated carbocycles. The van der Waals surface area contributed by atoms with Crippen molar-refractivity contribution in [2.45, 2.75) is 84.2 Å². The number of carbonyl (C=O) groups excluding carboxylic acids is 2. The molecular formula is C19H34O7. The Morgan fingerprint density at radius 2 is 1.38 bits per heavy atom. The second-order valence-corrected chi connectivity index (χ2v) is 6.66. The van der Waals surface area contributed by atoms with Crippen molar-refractivity contribution in [3.8, 4) is 0 Å². The van der Waals surface area contributed by atoms with Gasteiger partial charge in [0.05, 0.1) is 18.4 Å². The van der Waals surface area contributed by atoms with E-state index in [0.29, 0.717) is 12.8 Å². The smallest absolute Gasteiger partial charge is 0.345 e. The van der Waals surface area contributed by atoms with E-state index in [1.165, 1.54) is 25.7 Å². The highest BCUT2D eigenvalue weighted by molar-refractivity contribution is 5.91. The lowest BCUT2D eigenvalue weighted by atomic mass is 9.85. The maximum atomic E-state index is 12.2. The second-order valence-electron chi connectivity index (χ2n) is 6.66. The van der Waals surface area contributed by atoms with Crippen molar-refractivity contribution < 1.29 is 34.4 Å². The summed E-state index contributed by atoms with van der Waals surface area (Å²) >= 11 is 0. The third-order valence-electron chi connectivity index (χ3n) is 4.56. The summed E-state index contributed by atoms with van der Waals surface area (Å²) in [5.74, 6) is -5.18. The van der Waals surface area contributed by atoms with Gasteiger partial charge in [-0.3, -0.25) is 9.59 Å². The number of hydrogen-bond acceptors (Lipinski definition) is 6. The van der Waals surface area contributed by atoms with Crippen molar-refractivity contribution in [1.29, 1.82) is 0 Å². The van der Waals surface area contributed by atoms with Crippen LogP contribution < -0.4 is 0 Å². The highest BCUT2D eigenvalue weighted by Crippen LogP contribution is 2.25. The van der Waals surface area contributed by atoms with E-state index in [-0.39, 0.29) is 6.42 Å². The van der Waals surface area contributed by atoms with Crippen molar-refractivity contribution in [1.82, 2.24) is 0 Å². The van der Waals surface area contributed by atoms with Crippen LogP contribution in [0, 0.1) is 11.8 Å². The normalized spacial score (nSPS) is 14.5. The highest BCUT2D eigenvalue weighted by atomic mass is 16.6. The summed E-state index contributed by atoms with van der Waals surface area (Å²) in [6, 6.07) is 0. The monoisotopic (exact) mass is 374 g/mol. The first kappa shape index (κ1) is 24.5. The zero-order valence-electron chi connectivity index (χ0n) is 16.0. The molecule has 0 bridgehead atoms. The number of aliphatic hydroxyl groups is 2. The molecule has 0 radical (unpaired) electrons. The molecule has 7 heteroatoms. The fraction of sp³-hybridized carbons (Fsp3) is 0.842. The number of ether oxygens (including phenoxy) is 1. The Morgan fingerprint density at radius 1 is 0.846 bits per heavy atom. The Morgan fingerprint density at radius 3 is 1.85 bits per heavy atom. The first-order valence-electron chi connectivity index (χ1n) is 9.66. The SMILES string of the molecule is CCCCCCCCCCC(C(=O)OC(=O)C(O)CO)C(CC)C(=O)O. The summed E-state index contributed by atoms with van der Waals surface area (Å²) in [7, 11) is 0. The lowest BCUT2D eigenvalue weighted by molar-refractivity contribution is -0.173. The number of carboxylic acid groups (broad SMARTS) is 1. The van der Waals surface area contributed by atoms with Crippen LogP contribution in [0.15, 0.2) is 0 Å². The van der Waals surface area contributed by atoms with Crippen molar-refractivity contribution in [3.05, 3.63) is 0 Å². The van der Waals surface area contributed by atoms with Gasteiger partial charge in [0.1, 0.15) is 0 Å². The van der Waals surface area contributed by atoms with Gasteiger partial charge in [-0.25, -0.2) is 4.79 Å². The molecule has 7 nitrogen and oxygen atoms in total. The average molecular weight is 374 g/mol. The molecule has 0 aromatic carbocycles. The van der Waals surface area contributed by atoms with Gasteiger partial charge in [-0.2, -0.15) is 0 Å². The minimum Gasteiger partial charge on any atom is -0.481 e. The van der Waals surface area contributed by atoms with Crippen LogP contribution in [0.1, 0.15) is 78.1 Å². The number of carbonyl (C=O) groups is 3. The van der Waals surface area contributed by atoms with Crippen LogP contribution in [-0.4, -0.2) is 45.9 Å². The number of hydrogen-bond donors (Lipinski definition) is 3. The van der Waals surface area contributed by atoms with Gasteiger partial charge in [-0.05, 0) is 12.8 Å². The predicted octanol–water partition coefficient (Wildman–Crippen LogP) is 2.67. The zero-order valence-corrected chi connectivity index (χ0v) is 16.0. The number of aliphatic carboxylic acids is 1. The van der Waals surface area contributed by atoms with E-state index < -0.39 is 42.5 Å². The molecule has 0 aromatic rings. The van der Waals surface area contributed by atoms with Crippen molar-refractivity contribution in [3.63, 3.8) is 0 Å². The Kier molecular flexibility index (Phi) is 13.8. The maximum Gasteiger partial charge on any atom is 0.345 e. The third-order valence-corrected chi connectivity index (χ3v) is 4.56. The number of carboxylic acids is 1. The Labute approximate surface area is 155 Å². The Balaban J connectivity index is 4.55. The molecule has 3 unspecified atom stereocenters. The Hall–Kier alpha value is -1.47. The molecular weight excluding hydrogens is 340 g/mol. The topological polar surface area (TPSA) is 121 Å². The van der Waals surface area contributed by atoms with E-state index in [0.717, 1.165) is 19.3 Å². The summed E-state index contributed by atoms with van der Waals surface area (Å²) in [5.41, 5.74) is 0. The molecule has 0 rings (SSSR count). The Bertz CT molecular complexity index is 422. The minimum atomic E-state index is -1.80. The molecule has 152 valence electrons. The molecule has 26 heavy (non-hydrogen) atoms. The van der Waals surface area contributed by atoms with E-state index in [2.05, 4.69) is 11.7 Å². The highest BCUT2D eigenvalue weighted by Gasteiger charge is 2.35. The summed E-state index contributed by atoms with van der Waals surface area (Å²) in [4.78, 5) is 35.1. The maximum absolute atomic E-state index is 12.2. The molecule has 0 aliphatic heterocycles. The van der Waals surface area contributed by atoms with Crippen molar-refractivity contribution in [2.75, 3.05) is 6.61 Å². The molecule has 3 atom stereocenters. The van der Waals surface area contributed by atoms with E-state index >= 15 is 0 Å². The lowest BCUT2D eigenvalue weighted by Crippen LogP contribution is -2.36. The largest absolute Gasteiger partial charge is 0.481 e. The zero-order chi connectivity index (χ0) is 19.9. The molecule has 0 aliphatic carbocycles. The predicted molar refractivity (Wildman–Crippen MR) is 96.3 cm³/mol. The number of unbranched alkanes of at least 4 members (excludes halogenated alkanes) is 7. The quantitative estimate of drug-likeness (QED) is 0.229. The van der Waals surface area contributed by atoms with E-state index in [4.69, 9.17) is 5.11 Å². The summed E-state index contributed by atoms with van der Waals surface area (Å²) in [6.07, 6.45) is 7.30. The molecule has 0 heterocycles. The molecule has 0 amide bonds. The standard InChI is InChI=1S/C19H34O7/c1-3-5-6-7-8-9-10-11-12-15(14(4-2)17(22)23)18(24)26-19(25)16(21)13-20/h14-16,20-21H,3-13H2,1-2H3,(H,22,23). The fourth-order valence-corrected chi connectivity index (χ4v) is 2.93. The van der Waals surface area contributed by atoms with Gasteiger partial charge in [-0.1, -0.05) is 65.2 Å². The molecule has 0 aliphatic rings. The molecule has 0 saturated heterocycles. The van der Waals surface area contributed by atoms with E-state index in [9.17, 15) is 24.6 Å². The summed E-state index contributed by atoms with van der Waals surface area (Å²) in [6.45, 7) is 2.97. The first-order chi connectivity index (χ1) is 12.4. The van der Waals surface area contributed by atoms with Crippen LogP contribution in [0.3, 0.4) is 0 Å². The average Bonchev–Trinajstić information content (AvgIpc) is 2.61. The van der Waals surface area contributed by atoms with Crippen LogP contribution in [0.25, 0.3) is 0 Å². The van der Waals surface area contributed by atoms with E-state index in [1.807, 2.05) is 0 Å². The van der Waals surface area contributed by atoms with Gasteiger partial charge in [0.2, 0.25) is 0 Å². The number of esters is 2. The first-order valence-corrected chi connectivity index (χ1v) is 9.66. The summed E-state index contributed by atoms with van der Waals surface area (Å²) in [5, 5.41) is 27.2. The van der Waals surface area contributed by atoms with Crippen LogP contribution in [-0.2, 0) is 19.1 Å². The van der Waals surface area contributed by atoms with Gasteiger partial charge in [0, 0.05) is 0 Å². The van der Waals surface area contributed by atoms with Gasteiger partial charge >= 0.3 is 17.9 Å². The van der Waals surface area contributed by atoms with Crippen molar-refractivity contribution in [2.24, 2.45) is 11.8 Å². The van der Waals surface area contributed by atoms with Crippen LogP contribution in [0.2, 0.25) is 0 Å². The summed E-state index contributed by atoms with van der Waals surface area (Å²) < 4.78 is 4.57. The third kappa shape index (κ3) is 9.87. The molecule has 3 N–H and O–H groups in total. The van der Waals surface area contributed by atoms with Crippen LogP contribution >= 0.6 is 0 Å². The molecule has 0 fully saturated rings. The lowest BCUT2D eigenvalue weighted by Gasteiger charge is -2.21. The molecule has 0 aromatic heterocycles. The van der Waals surface area contributed by atoms with Crippen molar-refractivity contribution >= 4 is 17.9 Å². The van der Waals surface area contributed by atoms with Gasteiger partial charge in [-0.15, -0.1) is 0 Å². The van der Waals surface area contributed by atoms with E-state index in [1.54, 1.807) is 6.92 Å². The minimum absolute atomic E-state index is 0.239. The van der Waals surface area contributed by atoms with Gasteiger partial charge < -0.3 is 20.1 Å². The van der Waals surface area contributed by atoms with Crippen LogP contribution in [0.4, 0.5) is 0 Å². The second kappa shape index (κ2) is 14.7. The van der Waals surface area contributed by atoms with Crippen LogP contribution in [0.5, 0.6) is 0 Å². The fourth-order valence-electron chi connectivity index (χ4n) is 2.93. The van der Waals surface area contributed by atoms with Gasteiger partial charge in [0.15, 0.2) is 6.10 Å². The van der Waals surface area contributed by atoms with Gasteiger partial charge in [0.25, 0.3) is 0 Å². The molecule has 0 spiro atoms.